The molecule has 0 bridgehead atoms. The summed E-state index contributed by atoms with van der Waals surface area (Å²) in [5, 5.41) is 7.23. The minimum atomic E-state index is -3.80. The molecule has 0 aliphatic carbocycles. The van der Waals surface area contributed by atoms with Gasteiger partial charge in [-0.25, -0.2) is 4.79 Å². The fourth-order valence-corrected chi connectivity index (χ4v) is 4.68. The highest BCUT2D eigenvalue weighted by Crippen LogP contribution is 2.44. The summed E-state index contributed by atoms with van der Waals surface area (Å²) in [5.74, 6) is 0.359. The van der Waals surface area contributed by atoms with Crippen molar-refractivity contribution in [3.05, 3.63) is 72.4 Å². The Balaban J connectivity index is 1.34. The Morgan fingerprint density at radius 1 is 0.950 bits per heavy atom. The van der Waals surface area contributed by atoms with Gasteiger partial charge in [0, 0.05) is 35.0 Å². The van der Waals surface area contributed by atoms with Crippen LogP contribution < -0.4 is 24.3 Å². The van der Waals surface area contributed by atoms with Crippen molar-refractivity contribution in [2.45, 2.75) is 38.8 Å². The maximum absolute atomic E-state index is 13.6. The Labute approximate surface area is 225 Å². The summed E-state index contributed by atoms with van der Waals surface area (Å²) in [6.07, 6.45) is -1.69. The molecule has 0 atom stereocenters. The van der Waals surface area contributed by atoms with E-state index in [2.05, 4.69) is 24.6 Å². The standard InChI is InChI=1S/C28H21F4N3O5/c1-27(2)13-17-11-18(6-10-21(17)38-27)33-26(36)35-14-20(16-5-9-22-23(12-16)40-28(31,32)39-22)24(34-35)15-3-7-19(8-4-15)37-25(29)30/h3-12,14,25H,13H2,1-2H3,(H,33,36). The second-order valence-corrected chi connectivity index (χ2v) is 9.86. The number of nitrogens with zero attached hydrogens (tertiary/aromatic N) is 2. The van der Waals surface area contributed by atoms with Crippen LogP contribution in [0.25, 0.3) is 22.4 Å². The minimum Gasteiger partial charge on any atom is -0.487 e. The first-order chi connectivity index (χ1) is 18.9. The normalized spacial score (nSPS) is 16.0. The number of amides is 1. The first-order valence-corrected chi connectivity index (χ1v) is 12.1. The van der Waals surface area contributed by atoms with Crippen molar-refractivity contribution in [3.8, 4) is 45.4 Å². The van der Waals surface area contributed by atoms with Gasteiger partial charge in [0.05, 0.1) is 0 Å². The van der Waals surface area contributed by atoms with Crippen LogP contribution in [-0.2, 0) is 6.42 Å². The first-order valence-electron chi connectivity index (χ1n) is 12.1. The van der Waals surface area contributed by atoms with E-state index in [1.54, 1.807) is 12.1 Å². The van der Waals surface area contributed by atoms with Crippen LogP contribution in [0.3, 0.4) is 0 Å². The van der Waals surface area contributed by atoms with Gasteiger partial charge in [-0.3, -0.25) is 0 Å². The van der Waals surface area contributed by atoms with E-state index in [1.807, 2.05) is 19.9 Å². The van der Waals surface area contributed by atoms with Gasteiger partial charge in [-0.05, 0) is 74.0 Å². The molecule has 3 heterocycles. The molecule has 3 aromatic carbocycles. The van der Waals surface area contributed by atoms with E-state index in [0.29, 0.717) is 28.8 Å². The number of carbonyl (C=O) groups is 1. The quantitative estimate of drug-likeness (QED) is 0.269. The Bertz CT molecular complexity index is 1620. The lowest BCUT2D eigenvalue weighted by atomic mass is 10.0. The monoisotopic (exact) mass is 555 g/mol. The van der Waals surface area contributed by atoms with Gasteiger partial charge in [-0.1, -0.05) is 6.07 Å². The number of rotatable bonds is 5. The van der Waals surface area contributed by atoms with E-state index in [-0.39, 0.29) is 28.5 Å². The lowest BCUT2D eigenvalue weighted by Crippen LogP contribution is -2.25. The van der Waals surface area contributed by atoms with Crippen molar-refractivity contribution in [3.63, 3.8) is 0 Å². The molecule has 2 aliphatic rings. The summed E-state index contributed by atoms with van der Waals surface area (Å²) >= 11 is 0. The Morgan fingerprint density at radius 3 is 2.40 bits per heavy atom. The minimum absolute atomic E-state index is 0.0634. The molecule has 2 aliphatic heterocycles. The van der Waals surface area contributed by atoms with Gasteiger partial charge in [-0.15, -0.1) is 8.78 Å². The SMILES string of the molecule is CC1(C)Cc2cc(NC(=O)n3cc(-c4ccc5c(c4)OC(F)(F)O5)c(-c4ccc(OC(F)F)cc4)n3)ccc2O1. The molecular formula is C28H21F4N3O5. The number of nitrogens with one attached hydrogen (secondary N) is 1. The van der Waals surface area contributed by atoms with Gasteiger partial charge in [0.1, 0.15) is 22.8 Å². The molecule has 12 heteroatoms. The van der Waals surface area contributed by atoms with Crippen molar-refractivity contribution in [1.29, 1.82) is 0 Å². The highest BCUT2D eigenvalue weighted by atomic mass is 19.3. The first kappa shape index (κ1) is 25.5. The molecular weight excluding hydrogens is 534 g/mol. The summed E-state index contributed by atoms with van der Waals surface area (Å²) in [6, 6.07) is 14.6. The van der Waals surface area contributed by atoms with Crippen molar-refractivity contribution in [2.75, 3.05) is 5.32 Å². The van der Waals surface area contributed by atoms with Crippen molar-refractivity contribution < 1.29 is 41.3 Å². The second-order valence-electron chi connectivity index (χ2n) is 9.86. The molecule has 0 saturated carbocycles. The van der Waals surface area contributed by atoms with Crippen LogP contribution in [-0.4, -0.2) is 34.3 Å². The van der Waals surface area contributed by atoms with Crippen LogP contribution in [0.2, 0.25) is 0 Å². The number of anilines is 1. The molecule has 0 fully saturated rings. The van der Waals surface area contributed by atoms with Crippen LogP contribution in [0.1, 0.15) is 19.4 Å². The van der Waals surface area contributed by atoms with E-state index in [9.17, 15) is 22.4 Å². The highest BCUT2D eigenvalue weighted by molar-refractivity contribution is 5.93. The molecule has 8 nitrogen and oxygen atoms in total. The zero-order valence-electron chi connectivity index (χ0n) is 21.1. The lowest BCUT2D eigenvalue weighted by molar-refractivity contribution is -0.286. The summed E-state index contributed by atoms with van der Waals surface area (Å²) in [6.45, 7) is 0.955. The number of hydrogen-bond donors (Lipinski definition) is 1. The van der Waals surface area contributed by atoms with Crippen molar-refractivity contribution in [1.82, 2.24) is 9.78 Å². The van der Waals surface area contributed by atoms with E-state index >= 15 is 0 Å². The number of halogens is 4. The number of benzene rings is 3. The average Bonchev–Trinajstić information content (AvgIpc) is 3.54. The third kappa shape index (κ3) is 4.99. The molecule has 6 rings (SSSR count). The number of ether oxygens (including phenoxy) is 4. The van der Waals surface area contributed by atoms with Crippen LogP contribution in [0.5, 0.6) is 23.0 Å². The van der Waals surface area contributed by atoms with E-state index in [1.165, 1.54) is 48.7 Å². The summed E-state index contributed by atoms with van der Waals surface area (Å²) < 4.78 is 72.8. The Kier molecular flexibility index (Phi) is 5.86. The number of carbonyl (C=O) groups excluding carboxylic acids is 1. The molecule has 206 valence electrons. The van der Waals surface area contributed by atoms with Gasteiger partial charge in [-0.2, -0.15) is 18.6 Å². The zero-order chi connectivity index (χ0) is 28.2. The molecule has 0 radical (unpaired) electrons. The molecule has 4 aromatic rings. The third-order valence-corrected chi connectivity index (χ3v) is 6.30. The maximum Gasteiger partial charge on any atom is 0.586 e. The topological polar surface area (TPSA) is 83.8 Å². The number of hydrogen-bond acceptors (Lipinski definition) is 6. The molecule has 40 heavy (non-hydrogen) atoms. The second kappa shape index (κ2) is 9.18. The lowest BCUT2D eigenvalue weighted by Gasteiger charge is -2.16. The predicted molar refractivity (Wildman–Crippen MR) is 135 cm³/mol. The van der Waals surface area contributed by atoms with Gasteiger partial charge in [0.2, 0.25) is 0 Å². The largest absolute Gasteiger partial charge is 0.586 e. The zero-order valence-corrected chi connectivity index (χ0v) is 21.1. The fraction of sp³-hybridized carbons (Fsp3) is 0.214. The Morgan fingerprint density at radius 2 is 1.65 bits per heavy atom. The van der Waals surface area contributed by atoms with Gasteiger partial charge in [0.25, 0.3) is 0 Å². The summed E-state index contributed by atoms with van der Waals surface area (Å²) in [4.78, 5) is 13.2. The van der Waals surface area contributed by atoms with E-state index in [4.69, 9.17) is 4.74 Å². The van der Waals surface area contributed by atoms with Crippen LogP contribution in [0, 0.1) is 0 Å². The van der Waals surface area contributed by atoms with Crippen LogP contribution in [0.4, 0.5) is 28.0 Å². The van der Waals surface area contributed by atoms with E-state index in [0.717, 1.165) is 16.0 Å². The smallest absolute Gasteiger partial charge is 0.487 e. The number of fused-ring (bicyclic) bond motifs is 2. The molecule has 1 amide bonds. The van der Waals surface area contributed by atoms with Crippen LogP contribution >= 0.6 is 0 Å². The number of alkyl halides is 4. The fourth-order valence-electron chi connectivity index (χ4n) is 4.68. The Hall–Kier alpha value is -4.74. The van der Waals surface area contributed by atoms with Gasteiger partial charge in [0.15, 0.2) is 11.5 Å². The maximum atomic E-state index is 13.6. The summed E-state index contributed by atoms with van der Waals surface area (Å²) in [7, 11) is 0. The third-order valence-electron chi connectivity index (χ3n) is 6.30. The van der Waals surface area contributed by atoms with Gasteiger partial charge >= 0.3 is 18.9 Å². The highest BCUT2D eigenvalue weighted by Gasteiger charge is 2.43. The predicted octanol–water partition coefficient (Wildman–Crippen LogP) is 6.93. The number of aromatic nitrogens is 2. The average molecular weight is 555 g/mol. The molecule has 0 saturated heterocycles. The van der Waals surface area contributed by atoms with E-state index < -0.39 is 18.9 Å². The van der Waals surface area contributed by atoms with Crippen LogP contribution in [0.15, 0.2) is 66.9 Å². The van der Waals surface area contributed by atoms with Crippen molar-refractivity contribution >= 4 is 11.7 Å². The van der Waals surface area contributed by atoms with Gasteiger partial charge < -0.3 is 24.3 Å². The molecule has 0 spiro atoms. The van der Waals surface area contributed by atoms with Crippen molar-refractivity contribution in [2.24, 2.45) is 0 Å². The molecule has 0 unspecified atom stereocenters. The molecule has 1 aromatic heterocycles. The molecule has 1 N–H and O–H groups in total. The summed E-state index contributed by atoms with van der Waals surface area (Å²) in [5.41, 5.74) is 2.68.